The van der Waals surface area contributed by atoms with Gasteiger partial charge in [0.2, 0.25) is 0 Å². The van der Waals surface area contributed by atoms with Gasteiger partial charge in [-0.25, -0.2) is 5.10 Å². The second kappa shape index (κ2) is 7.85. The quantitative estimate of drug-likeness (QED) is 0.433. The number of allylic oxidation sites excluding steroid dienone is 1. The number of aliphatic imine (C=N–C) groups is 1. The highest BCUT2D eigenvalue weighted by Crippen LogP contribution is 2.28. The zero-order chi connectivity index (χ0) is 22.1. The maximum absolute atomic E-state index is 12.2. The fraction of sp³-hybridized carbons (Fsp3) is 0.136. The summed E-state index contributed by atoms with van der Waals surface area (Å²) in [6, 6.07) is 11.3. The van der Waals surface area contributed by atoms with Crippen LogP contribution in [0, 0.1) is 11.3 Å². The molecule has 0 atom stereocenters. The topological polar surface area (TPSA) is 152 Å². The Morgan fingerprint density at radius 2 is 2.10 bits per heavy atom. The first-order valence-corrected chi connectivity index (χ1v) is 9.50. The molecular formula is C22H20N8O. The van der Waals surface area contributed by atoms with Gasteiger partial charge in [0.25, 0.3) is 5.56 Å². The van der Waals surface area contributed by atoms with Gasteiger partial charge in [-0.2, -0.15) is 15.5 Å². The van der Waals surface area contributed by atoms with E-state index in [0.29, 0.717) is 38.9 Å². The third kappa shape index (κ3) is 3.25. The van der Waals surface area contributed by atoms with E-state index in [1.807, 2.05) is 18.2 Å². The van der Waals surface area contributed by atoms with Gasteiger partial charge in [0, 0.05) is 54.9 Å². The molecule has 154 valence electrons. The molecule has 0 radical (unpaired) electrons. The van der Waals surface area contributed by atoms with Gasteiger partial charge >= 0.3 is 0 Å². The van der Waals surface area contributed by atoms with E-state index in [1.165, 1.54) is 6.20 Å². The van der Waals surface area contributed by atoms with E-state index in [9.17, 15) is 10.1 Å². The third-order valence-corrected chi connectivity index (χ3v) is 5.19. The number of nitrogens with one attached hydrogen (secondary N) is 1. The molecule has 0 saturated heterocycles. The predicted molar refractivity (Wildman–Crippen MR) is 120 cm³/mol. The number of aromatic nitrogens is 4. The van der Waals surface area contributed by atoms with E-state index in [1.54, 1.807) is 37.1 Å². The lowest BCUT2D eigenvalue weighted by molar-refractivity contribution is 0.780. The molecule has 2 aromatic carbocycles. The molecule has 0 amide bonds. The van der Waals surface area contributed by atoms with E-state index in [4.69, 9.17) is 11.5 Å². The van der Waals surface area contributed by atoms with Gasteiger partial charge in [-0.1, -0.05) is 6.07 Å². The normalized spacial score (nSPS) is 12.5. The fourth-order valence-corrected chi connectivity index (χ4v) is 3.77. The summed E-state index contributed by atoms with van der Waals surface area (Å²) in [5, 5.41) is 22.6. The van der Waals surface area contributed by atoms with Crippen LogP contribution in [0.1, 0.15) is 22.4 Å². The SMILES string of the molecule is CN=C(C(=CN)c1ccc2c(=O)[nH]nc(CN)c2c1)c1ccc2nn(C)cc2c1C#N. The number of hydrogen-bond acceptors (Lipinski definition) is 7. The first-order valence-electron chi connectivity index (χ1n) is 9.50. The molecule has 0 aliphatic heterocycles. The smallest absolute Gasteiger partial charge is 0.272 e. The van der Waals surface area contributed by atoms with Crippen molar-refractivity contribution in [2.45, 2.75) is 6.54 Å². The number of benzene rings is 2. The molecule has 0 fully saturated rings. The minimum atomic E-state index is -0.296. The minimum absolute atomic E-state index is 0.170. The molecule has 2 heterocycles. The van der Waals surface area contributed by atoms with Crippen molar-refractivity contribution in [1.29, 1.82) is 5.26 Å². The van der Waals surface area contributed by atoms with Gasteiger partial charge in [0.1, 0.15) is 6.07 Å². The second-order valence-corrected chi connectivity index (χ2v) is 6.95. The maximum Gasteiger partial charge on any atom is 0.272 e. The van der Waals surface area contributed by atoms with Crippen molar-refractivity contribution in [3.05, 3.63) is 75.5 Å². The maximum atomic E-state index is 12.2. The lowest BCUT2D eigenvalue weighted by Gasteiger charge is -2.14. The molecule has 4 rings (SSSR count). The summed E-state index contributed by atoms with van der Waals surface area (Å²) in [6.07, 6.45) is 3.25. The van der Waals surface area contributed by atoms with Gasteiger partial charge in [-0.05, 0) is 29.8 Å². The molecule has 0 aliphatic rings. The van der Waals surface area contributed by atoms with Gasteiger partial charge < -0.3 is 11.5 Å². The Morgan fingerprint density at radius 3 is 2.77 bits per heavy atom. The average molecular weight is 412 g/mol. The molecular weight excluding hydrogens is 392 g/mol. The monoisotopic (exact) mass is 412 g/mol. The molecule has 2 aromatic heterocycles. The van der Waals surface area contributed by atoms with E-state index < -0.39 is 0 Å². The Labute approximate surface area is 177 Å². The van der Waals surface area contributed by atoms with E-state index in [0.717, 1.165) is 16.5 Å². The summed E-state index contributed by atoms with van der Waals surface area (Å²) in [6.45, 7) is 0.170. The lowest BCUT2D eigenvalue weighted by atomic mass is 9.91. The molecule has 5 N–H and O–H groups in total. The summed E-state index contributed by atoms with van der Waals surface area (Å²) >= 11 is 0. The van der Waals surface area contributed by atoms with Crippen LogP contribution in [-0.4, -0.2) is 32.7 Å². The Morgan fingerprint density at radius 1 is 1.29 bits per heavy atom. The standard InChI is InChI=1S/C22H20N8O/c1-26-21(13-5-6-19-18(17(13)9-24)11-30(2)29-19)16(8-23)12-3-4-14-15(7-12)20(10-25)27-28-22(14)31/h3-8,11H,10,23,25H2,1-2H3,(H,28,31). The summed E-state index contributed by atoms with van der Waals surface area (Å²) < 4.78 is 1.67. The molecule has 0 saturated carbocycles. The van der Waals surface area contributed by atoms with Crippen LogP contribution in [0.2, 0.25) is 0 Å². The van der Waals surface area contributed by atoms with Gasteiger partial charge in [-0.15, -0.1) is 0 Å². The van der Waals surface area contributed by atoms with Crippen LogP contribution < -0.4 is 17.0 Å². The zero-order valence-corrected chi connectivity index (χ0v) is 17.0. The summed E-state index contributed by atoms with van der Waals surface area (Å²) in [7, 11) is 3.45. The van der Waals surface area contributed by atoms with Crippen molar-refractivity contribution in [2.75, 3.05) is 7.05 Å². The van der Waals surface area contributed by atoms with Crippen LogP contribution in [0.15, 0.2) is 52.5 Å². The summed E-state index contributed by atoms with van der Waals surface area (Å²) in [5.41, 5.74) is 15.8. The highest BCUT2D eigenvalue weighted by molar-refractivity contribution is 6.33. The number of nitriles is 1. The number of aromatic amines is 1. The van der Waals surface area contributed by atoms with Crippen LogP contribution in [0.4, 0.5) is 0 Å². The first kappa shape index (κ1) is 20.0. The highest BCUT2D eigenvalue weighted by atomic mass is 16.1. The Kier molecular flexibility index (Phi) is 5.07. The number of hydrogen-bond donors (Lipinski definition) is 3. The van der Waals surface area contributed by atoms with Gasteiger partial charge in [0.05, 0.1) is 27.9 Å². The molecule has 9 nitrogen and oxygen atoms in total. The van der Waals surface area contributed by atoms with E-state index in [2.05, 4.69) is 26.4 Å². The minimum Gasteiger partial charge on any atom is -0.404 e. The van der Waals surface area contributed by atoms with Crippen molar-refractivity contribution in [3.8, 4) is 6.07 Å². The molecule has 4 aromatic rings. The first-order chi connectivity index (χ1) is 15.0. The van der Waals surface area contributed by atoms with Crippen LogP contribution in [-0.2, 0) is 13.6 Å². The van der Waals surface area contributed by atoms with E-state index in [-0.39, 0.29) is 12.1 Å². The number of nitrogens with zero attached hydrogens (tertiary/aromatic N) is 5. The van der Waals surface area contributed by atoms with E-state index >= 15 is 0 Å². The van der Waals surface area contributed by atoms with Crippen molar-refractivity contribution in [2.24, 2.45) is 23.5 Å². The van der Waals surface area contributed by atoms with Crippen molar-refractivity contribution >= 4 is 33.0 Å². The Bertz CT molecular complexity index is 1480. The number of H-pyrrole nitrogens is 1. The molecule has 0 bridgehead atoms. The van der Waals surface area contributed by atoms with Crippen molar-refractivity contribution in [1.82, 2.24) is 20.0 Å². The highest BCUT2D eigenvalue weighted by Gasteiger charge is 2.19. The van der Waals surface area contributed by atoms with Crippen LogP contribution in [0.5, 0.6) is 0 Å². The van der Waals surface area contributed by atoms with Gasteiger partial charge in [0.15, 0.2) is 0 Å². The number of nitrogens with two attached hydrogens (primary N) is 2. The Hall–Kier alpha value is -4.29. The third-order valence-electron chi connectivity index (χ3n) is 5.19. The zero-order valence-electron chi connectivity index (χ0n) is 17.0. The molecule has 0 spiro atoms. The van der Waals surface area contributed by atoms with Crippen LogP contribution in [0.3, 0.4) is 0 Å². The van der Waals surface area contributed by atoms with Crippen molar-refractivity contribution in [3.63, 3.8) is 0 Å². The number of fused-ring (bicyclic) bond motifs is 2. The summed E-state index contributed by atoms with van der Waals surface area (Å²) in [4.78, 5) is 16.6. The van der Waals surface area contributed by atoms with Crippen LogP contribution in [0.25, 0.3) is 27.2 Å². The molecule has 0 unspecified atom stereocenters. The van der Waals surface area contributed by atoms with Crippen LogP contribution >= 0.6 is 0 Å². The average Bonchev–Trinajstić information content (AvgIpc) is 3.17. The largest absolute Gasteiger partial charge is 0.404 e. The van der Waals surface area contributed by atoms with Crippen molar-refractivity contribution < 1.29 is 0 Å². The number of rotatable bonds is 4. The second-order valence-electron chi connectivity index (χ2n) is 6.95. The van der Waals surface area contributed by atoms with Gasteiger partial charge in [-0.3, -0.25) is 14.5 Å². The molecule has 0 aliphatic carbocycles. The fourth-order valence-electron chi connectivity index (χ4n) is 3.77. The molecule has 9 heteroatoms. The lowest BCUT2D eigenvalue weighted by Crippen LogP contribution is -2.14. The Balaban J connectivity index is 1.93. The predicted octanol–water partition coefficient (Wildman–Crippen LogP) is 1.56. The summed E-state index contributed by atoms with van der Waals surface area (Å²) in [5.74, 6) is 0. The molecule has 31 heavy (non-hydrogen) atoms. The number of aryl methyl sites for hydroxylation is 1.